The summed E-state index contributed by atoms with van der Waals surface area (Å²) in [6.07, 6.45) is 5.64. The number of nitrogens with zero attached hydrogens (tertiary/aromatic N) is 2. The molecule has 0 radical (unpaired) electrons. The second kappa shape index (κ2) is 12.8. The van der Waals surface area contributed by atoms with Gasteiger partial charge in [0.25, 0.3) is 0 Å². The molecular formula is C26H34N4O4. The van der Waals surface area contributed by atoms with E-state index in [9.17, 15) is 14.4 Å². The van der Waals surface area contributed by atoms with Crippen molar-refractivity contribution in [2.45, 2.75) is 57.5 Å². The molecule has 1 fully saturated rings. The summed E-state index contributed by atoms with van der Waals surface area (Å²) < 4.78 is 5.23. The van der Waals surface area contributed by atoms with Gasteiger partial charge in [0.15, 0.2) is 0 Å². The Labute approximate surface area is 201 Å². The average molecular weight is 467 g/mol. The number of pyridine rings is 1. The van der Waals surface area contributed by atoms with E-state index in [0.29, 0.717) is 5.82 Å². The topological polar surface area (TPSA) is 101 Å². The molecule has 0 saturated heterocycles. The van der Waals surface area contributed by atoms with Crippen molar-refractivity contribution < 1.29 is 19.1 Å². The fourth-order valence-corrected chi connectivity index (χ4v) is 4.17. The standard InChI is InChI=1S/C26H34N4O4/c1-19-10-12-20(13-11-19)25(26(33)28-21-7-3-4-8-21)30(17-18-34-2)24(32)15-14-23(31)29-22-9-5-6-16-27-22/h5-6,9-13,16,21,25H,3-4,7-8,14-15,17-18H2,1-2H3,(H,28,33)(H,27,29,31). The second-order valence-electron chi connectivity index (χ2n) is 8.65. The Morgan fingerprint density at radius 1 is 1.09 bits per heavy atom. The molecule has 1 unspecified atom stereocenters. The van der Waals surface area contributed by atoms with Gasteiger partial charge in [-0.15, -0.1) is 0 Å². The third-order valence-electron chi connectivity index (χ3n) is 6.01. The summed E-state index contributed by atoms with van der Waals surface area (Å²) in [4.78, 5) is 44.7. The van der Waals surface area contributed by atoms with E-state index in [1.165, 1.54) is 4.90 Å². The zero-order valence-electron chi connectivity index (χ0n) is 20.0. The second-order valence-corrected chi connectivity index (χ2v) is 8.65. The normalized spacial score (nSPS) is 14.4. The molecule has 1 aromatic heterocycles. The molecule has 1 aliphatic rings. The summed E-state index contributed by atoms with van der Waals surface area (Å²) >= 11 is 0. The van der Waals surface area contributed by atoms with Crippen LogP contribution in [-0.4, -0.2) is 53.9 Å². The lowest BCUT2D eigenvalue weighted by atomic mass is 10.0. The van der Waals surface area contributed by atoms with Crippen molar-refractivity contribution in [3.63, 3.8) is 0 Å². The average Bonchev–Trinajstić information content (AvgIpc) is 3.34. The van der Waals surface area contributed by atoms with Crippen LogP contribution in [0.5, 0.6) is 0 Å². The summed E-state index contributed by atoms with van der Waals surface area (Å²) in [5, 5.41) is 5.83. The first kappa shape index (κ1) is 25.4. The van der Waals surface area contributed by atoms with E-state index >= 15 is 0 Å². The molecule has 0 bridgehead atoms. The molecule has 8 heteroatoms. The number of nitrogens with one attached hydrogen (secondary N) is 2. The Morgan fingerprint density at radius 3 is 2.47 bits per heavy atom. The van der Waals surface area contributed by atoms with E-state index in [0.717, 1.165) is 36.8 Å². The van der Waals surface area contributed by atoms with Crippen LogP contribution in [-0.2, 0) is 19.1 Å². The molecule has 1 atom stereocenters. The molecule has 1 saturated carbocycles. The lowest BCUT2D eigenvalue weighted by Crippen LogP contribution is -2.47. The van der Waals surface area contributed by atoms with Crippen molar-refractivity contribution >= 4 is 23.5 Å². The highest BCUT2D eigenvalue weighted by Crippen LogP contribution is 2.25. The van der Waals surface area contributed by atoms with E-state index in [4.69, 9.17) is 4.74 Å². The molecule has 3 rings (SSSR count). The summed E-state index contributed by atoms with van der Waals surface area (Å²) in [5.41, 5.74) is 1.81. The minimum Gasteiger partial charge on any atom is -0.383 e. The Bertz CT molecular complexity index is 943. The number of carbonyl (C=O) groups is 3. The molecule has 2 aromatic rings. The first-order valence-electron chi connectivity index (χ1n) is 11.8. The maximum atomic E-state index is 13.4. The SMILES string of the molecule is COCCN(C(=O)CCC(=O)Nc1ccccn1)C(C(=O)NC1CCCC1)c1ccc(C)cc1. The number of carbonyl (C=O) groups excluding carboxylic acids is 3. The van der Waals surface area contributed by atoms with Crippen molar-refractivity contribution in [2.24, 2.45) is 0 Å². The minimum atomic E-state index is -0.789. The van der Waals surface area contributed by atoms with Gasteiger partial charge >= 0.3 is 0 Å². The number of hydrogen-bond donors (Lipinski definition) is 2. The van der Waals surface area contributed by atoms with Crippen LogP contribution < -0.4 is 10.6 Å². The van der Waals surface area contributed by atoms with Gasteiger partial charge in [-0.3, -0.25) is 14.4 Å². The Hall–Kier alpha value is -3.26. The van der Waals surface area contributed by atoms with Crippen molar-refractivity contribution in [3.8, 4) is 0 Å². The number of aromatic nitrogens is 1. The predicted octanol–water partition coefficient (Wildman–Crippen LogP) is 3.38. The molecule has 1 aliphatic carbocycles. The Balaban J connectivity index is 1.75. The molecular weight excluding hydrogens is 432 g/mol. The van der Waals surface area contributed by atoms with Crippen LogP contribution in [0.3, 0.4) is 0 Å². The molecule has 34 heavy (non-hydrogen) atoms. The molecule has 2 N–H and O–H groups in total. The van der Waals surface area contributed by atoms with Crippen LogP contribution in [0, 0.1) is 6.92 Å². The van der Waals surface area contributed by atoms with Gasteiger partial charge in [0.2, 0.25) is 17.7 Å². The summed E-state index contributed by atoms with van der Waals surface area (Å²) in [6, 6.07) is 12.2. The minimum absolute atomic E-state index is 0.0102. The first-order chi connectivity index (χ1) is 16.5. The van der Waals surface area contributed by atoms with Gasteiger partial charge in [-0.1, -0.05) is 48.7 Å². The molecule has 3 amide bonds. The lowest BCUT2D eigenvalue weighted by molar-refractivity contribution is -0.142. The summed E-state index contributed by atoms with van der Waals surface area (Å²) in [5.74, 6) is -0.343. The maximum absolute atomic E-state index is 13.4. The number of aryl methyl sites for hydroxylation is 1. The van der Waals surface area contributed by atoms with Crippen molar-refractivity contribution in [2.75, 3.05) is 25.6 Å². The highest BCUT2D eigenvalue weighted by molar-refractivity contribution is 5.94. The van der Waals surface area contributed by atoms with Crippen LogP contribution in [0.25, 0.3) is 0 Å². The number of hydrogen-bond acceptors (Lipinski definition) is 5. The summed E-state index contributed by atoms with van der Waals surface area (Å²) in [7, 11) is 1.56. The fraction of sp³-hybridized carbons (Fsp3) is 0.462. The van der Waals surface area contributed by atoms with Gasteiger partial charge in [-0.2, -0.15) is 0 Å². The van der Waals surface area contributed by atoms with Gasteiger partial charge in [0.1, 0.15) is 11.9 Å². The van der Waals surface area contributed by atoms with Crippen LogP contribution in [0.2, 0.25) is 0 Å². The van der Waals surface area contributed by atoms with Gasteiger partial charge in [0, 0.05) is 38.7 Å². The van der Waals surface area contributed by atoms with E-state index < -0.39 is 6.04 Å². The van der Waals surface area contributed by atoms with E-state index in [1.54, 1.807) is 31.5 Å². The highest BCUT2D eigenvalue weighted by atomic mass is 16.5. The number of methoxy groups -OCH3 is 1. The fourth-order valence-electron chi connectivity index (χ4n) is 4.17. The van der Waals surface area contributed by atoms with Crippen molar-refractivity contribution in [1.82, 2.24) is 15.2 Å². The number of ether oxygens (including phenoxy) is 1. The van der Waals surface area contributed by atoms with Gasteiger partial charge in [0.05, 0.1) is 6.61 Å². The largest absolute Gasteiger partial charge is 0.383 e. The maximum Gasteiger partial charge on any atom is 0.247 e. The molecule has 8 nitrogen and oxygen atoms in total. The number of anilines is 1. The van der Waals surface area contributed by atoms with E-state index in [-0.39, 0.29) is 49.8 Å². The van der Waals surface area contributed by atoms with Crippen LogP contribution in [0.15, 0.2) is 48.7 Å². The highest BCUT2D eigenvalue weighted by Gasteiger charge is 2.33. The van der Waals surface area contributed by atoms with E-state index in [2.05, 4.69) is 15.6 Å². The van der Waals surface area contributed by atoms with Crippen molar-refractivity contribution in [1.29, 1.82) is 0 Å². The molecule has 1 aromatic carbocycles. The lowest BCUT2D eigenvalue weighted by Gasteiger charge is -2.32. The van der Waals surface area contributed by atoms with Crippen LogP contribution in [0.1, 0.15) is 55.7 Å². The zero-order chi connectivity index (χ0) is 24.3. The third-order valence-corrected chi connectivity index (χ3v) is 6.01. The number of benzene rings is 1. The van der Waals surface area contributed by atoms with E-state index in [1.807, 2.05) is 31.2 Å². The Morgan fingerprint density at radius 2 is 1.82 bits per heavy atom. The third kappa shape index (κ3) is 7.38. The monoisotopic (exact) mass is 466 g/mol. The predicted molar refractivity (Wildman–Crippen MR) is 130 cm³/mol. The Kier molecular flexibility index (Phi) is 9.58. The molecule has 0 spiro atoms. The molecule has 182 valence electrons. The van der Waals surface area contributed by atoms with Crippen molar-refractivity contribution in [3.05, 3.63) is 59.8 Å². The number of rotatable bonds is 11. The molecule has 1 heterocycles. The first-order valence-corrected chi connectivity index (χ1v) is 11.8. The summed E-state index contributed by atoms with van der Waals surface area (Å²) in [6.45, 7) is 2.50. The quantitative estimate of drug-likeness (QED) is 0.529. The van der Waals surface area contributed by atoms with Crippen LogP contribution in [0.4, 0.5) is 5.82 Å². The zero-order valence-corrected chi connectivity index (χ0v) is 20.0. The van der Waals surface area contributed by atoms with Gasteiger partial charge < -0.3 is 20.3 Å². The molecule has 0 aliphatic heterocycles. The van der Waals surface area contributed by atoms with Crippen LogP contribution >= 0.6 is 0 Å². The van der Waals surface area contributed by atoms with Gasteiger partial charge in [-0.25, -0.2) is 4.98 Å². The number of amides is 3. The smallest absolute Gasteiger partial charge is 0.247 e. The van der Waals surface area contributed by atoms with Gasteiger partial charge in [-0.05, 0) is 37.5 Å².